The highest BCUT2D eigenvalue weighted by Crippen LogP contribution is 2.26. The van der Waals surface area contributed by atoms with Crippen LogP contribution in [0.4, 0.5) is 5.69 Å². The number of nitrogens with zero attached hydrogens (tertiary/aromatic N) is 3. The standard InChI is InChI=1S/C19H16IN3O5/c20-15-7-5-14(6-8-15)19(24)28-16(11-22-10-9-21-13-22)12-27-18-4-2-1-3-17(18)23(25)26/h1-10,13,16H,11-12H2. The first-order valence-corrected chi connectivity index (χ1v) is 9.39. The molecule has 0 aliphatic carbocycles. The lowest BCUT2D eigenvalue weighted by Gasteiger charge is -2.19. The largest absolute Gasteiger partial charge is 0.483 e. The second-order valence-corrected chi connectivity index (χ2v) is 7.08. The molecule has 0 spiro atoms. The quantitative estimate of drug-likeness (QED) is 0.206. The molecule has 28 heavy (non-hydrogen) atoms. The zero-order valence-electron chi connectivity index (χ0n) is 14.6. The van der Waals surface area contributed by atoms with Crippen LogP contribution in [0.25, 0.3) is 0 Å². The molecule has 8 nitrogen and oxygen atoms in total. The molecular weight excluding hydrogens is 477 g/mol. The van der Waals surface area contributed by atoms with Gasteiger partial charge in [0.25, 0.3) is 0 Å². The van der Waals surface area contributed by atoms with Crippen molar-refractivity contribution in [2.24, 2.45) is 0 Å². The van der Waals surface area contributed by atoms with E-state index in [2.05, 4.69) is 27.6 Å². The minimum atomic E-state index is -0.666. The molecule has 1 aromatic heterocycles. The Morgan fingerprint density at radius 1 is 1.21 bits per heavy atom. The van der Waals surface area contributed by atoms with Crippen LogP contribution in [0.5, 0.6) is 5.75 Å². The number of para-hydroxylation sites is 2. The molecule has 1 atom stereocenters. The molecule has 2 aromatic carbocycles. The zero-order chi connectivity index (χ0) is 19.9. The van der Waals surface area contributed by atoms with Crippen molar-refractivity contribution in [2.45, 2.75) is 12.6 Å². The summed E-state index contributed by atoms with van der Waals surface area (Å²) >= 11 is 2.15. The van der Waals surface area contributed by atoms with Crippen LogP contribution in [-0.2, 0) is 11.3 Å². The first-order valence-electron chi connectivity index (χ1n) is 8.31. The molecule has 0 fully saturated rings. The van der Waals surface area contributed by atoms with Gasteiger partial charge in [-0.3, -0.25) is 10.1 Å². The van der Waals surface area contributed by atoms with Gasteiger partial charge in [0, 0.05) is 22.0 Å². The fourth-order valence-electron chi connectivity index (χ4n) is 2.47. The Balaban J connectivity index is 1.73. The van der Waals surface area contributed by atoms with E-state index in [-0.39, 0.29) is 18.0 Å². The fraction of sp³-hybridized carbons (Fsp3) is 0.158. The van der Waals surface area contributed by atoms with Crippen LogP contribution < -0.4 is 4.74 Å². The average Bonchev–Trinajstić information content (AvgIpc) is 3.19. The Hall–Kier alpha value is -2.95. The predicted molar refractivity (Wildman–Crippen MR) is 109 cm³/mol. The number of carbonyl (C=O) groups is 1. The van der Waals surface area contributed by atoms with Gasteiger partial charge in [0.1, 0.15) is 6.61 Å². The summed E-state index contributed by atoms with van der Waals surface area (Å²) in [6, 6.07) is 13.1. The van der Waals surface area contributed by atoms with E-state index in [1.165, 1.54) is 12.1 Å². The molecule has 0 saturated carbocycles. The molecule has 0 N–H and O–H groups in total. The first kappa shape index (κ1) is 19.8. The number of aromatic nitrogens is 2. The molecule has 0 amide bonds. The summed E-state index contributed by atoms with van der Waals surface area (Å²) in [6.45, 7) is 0.260. The number of hydrogen-bond acceptors (Lipinski definition) is 6. The number of nitro groups is 1. The molecule has 1 unspecified atom stereocenters. The van der Waals surface area contributed by atoms with E-state index < -0.39 is 17.0 Å². The molecule has 0 aliphatic heterocycles. The van der Waals surface area contributed by atoms with Gasteiger partial charge < -0.3 is 14.0 Å². The van der Waals surface area contributed by atoms with Crippen LogP contribution >= 0.6 is 22.6 Å². The van der Waals surface area contributed by atoms with Crippen molar-refractivity contribution in [1.29, 1.82) is 0 Å². The maximum Gasteiger partial charge on any atom is 0.338 e. The highest BCUT2D eigenvalue weighted by molar-refractivity contribution is 14.1. The molecule has 144 valence electrons. The van der Waals surface area contributed by atoms with Gasteiger partial charge in [-0.05, 0) is 52.9 Å². The van der Waals surface area contributed by atoms with E-state index in [1.54, 1.807) is 47.6 Å². The third kappa shape index (κ3) is 5.28. The third-order valence-electron chi connectivity index (χ3n) is 3.81. The summed E-state index contributed by atoms with van der Waals surface area (Å²) in [5.41, 5.74) is 0.273. The molecule has 9 heteroatoms. The summed E-state index contributed by atoms with van der Waals surface area (Å²) in [4.78, 5) is 27.1. The van der Waals surface area contributed by atoms with Crippen molar-refractivity contribution in [3.8, 4) is 5.75 Å². The third-order valence-corrected chi connectivity index (χ3v) is 4.53. The molecule has 3 aromatic rings. The minimum Gasteiger partial charge on any atom is -0.483 e. The Morgan fingerprint density at radius 3 is 2.64 bits per heavy atom. The van der Waals surface area contributed by atoms with Gasteiger partial charge >= 0.3 is 11.7 Å². The molecule has 1 heterocycles. The van der Waals surface area contributed by atoms with Crippen molar-refractivity contribution >= 4 is 34.2 Å². The van der Waals surface area contributed by atoms with Gasteiger partial charge in [0.15, 0.2) is 11.9 Å². The number of hydrogen-bond donors (Lipinski definition) is 0. The maximum absolute atomic E-state index is 12.5. The molecule has 0 radical (unpaired) electrons. The first-order chi connectivity index (χ1) is 13.5. The van der Waals surface area contributed by atoms with Crippen molar-refractivity contribution in [1.82, 2.24) is 9.55 Å². The summed E-state index contributed by atoms with van der Waals surface area (Å²) in [5.74, 6) is -0.374. The number of ether oxygens (including phenoxy) is 2. The SMILES string of the molecule is O=C(OC(COc1ccccc1[N+](=O)[O-])Cn1ccnc1)c1ccc(I)cc1. The number of esters is 1. The number of nitro benzene ring substituents is 1. The molecule has 0 bridgehead atoms. The Kier molecular flexibility index (Phi) is 6.58. The molecule has 0 aliphatic rings. The lowest BCUT2D eigenvalue weighted by atomic mass is 10.2. The summed E-state index contributed by atoms with van der Waals surface area (Å²) in [5, 5.41) is 11.1. The van der Waals surface area contributed by atoms with Crippen LogP contribution in [0.2, 0.25) is 0 Å². The second kappa shape index (κ2) is 9.31. The van der Waals surface area contributed by atoms with Crippen LogP contribution in [0.1, 0.15) is 10.4 Å². The van der Waals surface area contributed by atoms with E-state index in [4.69, 9.17) is 9.47 Å². The van der Waals surface area contributed by atoms with E-state index in [0.29, 0.717) is 12.1 Å². The Bertz CT molecular complexity index is 944. The lowest BCUT2D eigenvalue weighted by Crippen LogP contribution is -2.29. The van der Waals surface area contributed by atoms with Gasteiger partial charge in [0.2, 0.25) is 0 Å². The van der Waals surface area contributed by atoms with Gasteiger partial charge in [-0.1, -0.05) is 12.1 Å². The van der Waals surface area contributed by atoms with E-state index >= 15 is 0 Å². The van der Waals surface area contributed by atoms with Crippen molar-refractivity contribution < 1.29 is 19.2 Å². The summed E-state index contributed by atoms with van der Waals surface area (Å²) < 4.78 is 13.9. The van der Waals surface area contributed by atoms with Crippen molar-refractivity contribution in [3.05, 3.63) is 86.5 Å². The highest BCUT2D eigenvalue weighted by Gasteiger charge is 2.20. The Morgan fingerprint density at radius 2 is 1.96 bits per heavy atom. The van der Waals surface area contributed by atoms with Crippen LogP contribution in [-0.4, -0.2) is 33.2 Å². The van der Waals surface area contributed by atoms with Gasteiger partial charge in [-0.15, -0.1) is 0 Å². The number of halogens is 1. The minimum absolute atomic E-state index is 0.0425. The zero-order valence-corrected chi connectivity index (χ0v) is 16.8. The van der Waals surface area contributed by atoms with Crippen LogP contribution in [0.15, 0.2) is 67.3 Å². The smallest absolute Gasteiger partial charge is 0.338 e. The average molecular weight is 493 g/mol. The van der Waals surface area contributed by atoms with Crippen molar-refractivity contribution in [2.75, 3.05) is 6.61 Å². The molecule has 3 rings (SSSR count). The van der Waals surface area contributed by atoms with Gasteiger partial charge in [-0.2, -0.15) is 0 Å². The number of rotatable bonds is 8. The van der Waals surface area contributed by atoms with Gasteiger partial charge in [0.05, 0.1) is 23.4 Å². The topological polar surface area (TPSA) is 96.5 Å². The summed E-state index contributed by atoms with van der Waals surface area (Å²) in [6.07, 6.45) is 4.27. The highest BCUT2D eigenvalue weighted by atomic mass is 127. The molecule has 0 saturated heterocycles. The Labute approximate surface area is 174 Å². The number of imidazole rings is 1. The van der Waals surface area contributed by atoms with Crippen molar-refractivity contribution in [3.63, 3.8) is 0 Å². The monoisotopic (exact) mass is 493 g/mol. The maximum atomic E-state index is 12.5. The lowest BCUT2D eigenvalue weighted by molar-refractivity contribution is -0.385. The van der Waals surface area contributed by atoms with Crippen LogP contribution in [0.3, 0.4) is 0 Å². The summed E-state index contributed by atoms with van der Waals surface area (Å²) in [7, 11) is 0. The molecular formula is C19H16IN3O5. The predicted octanol–water partition coefficient (Wildman–Crippen LogP) is 3.70. The fourth-order valence-corrected chi connectivity index (χ4v) is 2.83. The van der Waals surface area contributed by atoms with E-state index in [9.17, 15) is 14.9 Å². The second-order valence-electron chi connectivity index (χ2n) is 5.83. The number of benzene rings is 2. The normalized spacial score (nSPS) is 11.6. The van der Waals surface area contributed by atoms with E-state index in [0.717, 1.165) is 3.57 Å². The van der Waals surface area contributed by atoms with E-state index in [1.807, 2.05) is 12.1 Å². The van der Waals surface area contributed by atoms with Gasteiger partial charge in [-0.25, -0.2) is 9.78 Å². The number of carbonyl (C=O) groups excluding carboxylic acids is 1. The van der Waals surface area contributed by atoms with Crippen LogP contribution in [0, 0.1) is 13.7 Å².